The van der Waals surface area contributed by atoms with Gasteiger partial charge in [0.2, 0.25) is 0 Å². The van der Waals surface area contributed by atoms with Crippen LogP contribution in [0.4, 0.5) is 0 Å². The summed E-state index contributed by atoms with van der Waals surface area (Å²) in [6.07, 6.45) is 14.6. The zero-order valence-corrected chi connectivity index (χ0v) is 22.6. The largest absolute Gasteiger partial charge is 0.390 e. The molecule has 0 aliphatic heterocycles. The van der Waals surface area contributed by atoms with E-state index in [1.54, 1.807) is 0 Å². The van der Waals surface area contributed by atoms with E-state index in [-0.39, 0.29) is 5.41 Å². The zero-order chi connectivity index (χ0) is 23.7. The van der Waals surface area contributed by atoms with Gasteiger partial charge in [-0.05, 0) is 130 Å². The number of fused-ring (bicyclic) bond motifs is 5. The second-order valence-corrected chi connectivity index (χ2v) is 14.5. The molecule has 4 fully saturated rings. The third-order valence-corrected chi connectivity index (χ3v) is 12.5. The van der Waals surface area contributed by atoms with Crippen molar-refractivity contribution in [2.45, 2.75) is 131 Å². The van der Waals surface area contributed by atoms with Gasteiger partial charge < -0.3 is 10.8 Å². The molecular weight excluding hydrogens is 390 g/mol. The van der Waals surface area contributed by atoms with Crippen molar-refractivity contribution in [3.63, 3.8) is 0 Å². The van der Waals surface area contributed by atoms with Gasteiger partial charge in [0.25, 0.3) is 0 Å². The average Bonchev–Trinajstić information content (AvgIpc) is 3.04. The van der Waals surface area contributed by atoms with Crippen LogP contribution >= 0.6 is 0 Å². The van der Waals surface area contributed by atoms with Crippen molar-refractivity contribution < 1.29 is 5.11 Å². The summed E-state index contributed by atoms with van der Waals surface area (Å²) in [7, 11) is 0. The van der Waals surface area contributed by atoms with E-state index in [9.17, 15) is 5.11 Å². The molecule has 3 N–H and O–H groups in total. The van der Waals surface area contributed by atoms with E-state index >= 15 is 0 Å². The molecule has 0 aromatic heterocycles. The van der Waals surface area contributed by atoms with Crippen molar-refractivity contribution in [2.75, 3.05) is 0 Å². The van der Waals surface area contributed by atoms with Crippen molar-refractivity contribution in [1.29, 1.82) is 0 Å². The van der Waals surface area contributed by atoms with E-state index in [1.165, 1.54) is 56.9 Å². The standard InChI is InChI=1S/C30H53NO/c1-20(2)10-9-16-30(8,32)22-13-18-28(6)21(22)11-12-24-27(5)17-15-25(31)26(3,4)23(27)14-19-29(24,28)7/h10,21-25,32H,9,11-19,31H2,1-8H3/t21?,22?,23?,24?,25?,27-,28+,29+,30?/m0/s1. The van der Waals surface area contributed by atoms with Gasteiger partial charge in [-0.2, -0.15) is 0 Å². The quantitative estimate of drug-likeness (QED) is 0.442. The molecule has 2 heteroatoms. The Morgan fingerprint density at radius 1 is 0.906 bits per heavy atom. The molecule has 0 amide bonds. The highest BCUT2D eigenvalue weighted by Crippen LogP contribution is 2.75. The molecule has 0 aromatic carbocycles. The number of aliphatic hydroxyl groups is 1. The molecule has 0 spiro atoms. The summed E-state index contributed by atoms with van der Waals surface area (Å²) in [5.74, 6) is 2.68. The predicted octanol–water partition coefficient (Wildman–Crippen LogP) is 7.50. The normalized spacial score (nSPS) is 49.4. The lowest BCUT2D eigenvalue weighted by atomic mass is 9.35. The Balaban J connectivity index is 1.61. The Labute approximate surface area is 199 Å². The van der Waals surface area contributed by atoms with Gasteiger partial charge in [-0.3, -0.25) is 0 Å². The molecule has 0 bridgehead atoms. The number of hydrogen-bond donors (Lipinski definition) is 2. The number of rotatable bonds is 4. The van der Waals surface area contributed by atoms with E-state index in [0.717, 1.165) is 24.7 Å². The Morgan fingerprint density at radius 3 is 2.22 bits per heavy atom. The number of nitrogens with two attached hydrogens (primary N) is 1. The summed E-state index contributed by atoms with van der Waals surface area (Å²) in [5, 5.41) is 11.7. The SMILES string of the molecule is CC(C)=CCCC(C)(O)C1CC[C@]2(C)C1CCC1[C@@]3(C)CCC(N)C(C)(C)C3CC[C@]12C. The van der Waals surface area contributed by atoms with Crippen molar-refractivity contribution in [3.8, 4) is 0 Å². The van der Waals surface area contributed by atoms with Crippen LogP contribution in [0.3, 0.4) is 0 Å². The van der Waals surface area contributed by atoms with Gasteiger partial charge in [0.05, 0.1) is 5.60 Å². The molecule has 0 heterocycles. The van der Waals surface area contributed by atoms with Gasteiger partial charge in [0.15, 0.2) is 0 Å². The third-order valence-electron chi connectivity index (χ3n) is 12.5. The molecule has 9 atom stereocenters. The second kappa shape index (κ2) is 7.84. The molecule has 4 saturated carbocycles. The fourth-order valence-electron chi connectivity index (χ4n) is 10.4. The smallest absolute Gasteiger partial charge is 0.0653 e. The van der Waals surface area contributed by atoms with Crippen LogP contribution in [-0.4, -0.2) is 16.7 Å². The van der Waals surface area contributed by atoms with Crippen LogP contribution in [0.2, 0.25) is 0 Å². The third kappa shape index (κ3) is 3.40. The summed E-state index contributed by atoms with van der Waals surface area (Å²) in [4.78, 5) is 0. The molecule has 184 valence electrons. The molecule has 4 aliphatic rings. The molecule has 0 radical (unpaired) electrons. The zero-order valence-electron chi connectivity index (χ0n) is 22.6. The second-order valence-electron chi connectivity index (χ2n) is 14.5. The van der Waals surface area contributed by atoms with Gasteiger partial charge in [-0.25, -0.2) is 0 Å². The van der Waals surface area contributed by atoms with Crippen LogP contribution in [0.25, 0.3) is 0 Å². The molecule has 2 nitrogen and oxygen atoms in total. The first-order valence-electron chi connectivity index (χ1n) is 13.8. The maximum Gasteiger partial charge on any atom is 0.0653 e. The van der Waals surface area contributed by atoms with Crippen LogP contribution in [0.15, 0.2) is 11.6 Å². The molecule has 6 unspecified atom stereocenters. The summed E-state index contributed by atoms with van der Waals surface area (Å²) < 4.78 is 0. The topological polar surface area (TPSA) is 46.2 Å². The van der Waals surface area contributed by atoms with Gasteiger partial charge in [-0.15, -0.1) is 0 Å². The number of allylic oxidation sites excluding steroid dienone is 2. The van der Waals surface area contributed by atoms with E-state index in [4.69, 9.17) is 5.73 Å². The lowest BCUT2D eigenvalue weighted by molar-refractivity contribution is -0.210. The van der Waals surface area contributed by atoms with Gasteiger partial charge in [0.1, 0.15) is 0 Å². The molecule has 0 aromatic rings. The minimum Gasteiger partial charge on any atom is -0.390 e. The highest BCUT2D eigenvalue weighted by Gasteiger charge is 2.69. The Morgan fingerprint density at radius 2 is 1.56 bits per heavy atom. The molecule has 4 rings (SSSR count). The fourth-order valence-corrected chi connectivity index (χ4v) is 10.4. The Hall–Kier alpha value is -0.340. The maximum atomic E-state index is 11.7. The van der Waals surface area contributed by atoms with E-state index < -0.39 is 5.60 Å². The Kier molecular flexibility index (Phi) is 6.07. The van der Waals surface area contributed by atoms with Crippen LogP contribution in [0.5, 0.6) is 0 Å². The van der Waals surface area contributed by atoms with E-state index in [2.05, 4.69) is 61.5 Å². The first-order chi connectivity index (χ1) is 14.7. The van der Waals surface area contributed by atoms with Crippen molar-refractivity contribution in [3.05, 3.63) is 11.6 Å². The van der Waals surface area contributed by atoms with Crippen molar-refractivity contribution >= 4 is 0 Å². The minimum atomic E-state index is -0.543. The van der Waals surface area contributed by atoms with Gasteiger partial charge in [0, 0.05) is 6.04 Å². The lowest BCUT2D eigenvalue weighted by Crippen LogP contribution is -2.65. The average molecular weight is 444 g/mol. The Bertz CT molecular complexity index is 748. The first-order valence-corrected chi connectivity index (χ1v) is 13.8. The molecule has 4 aliphatic carbocycles. The van der Waals surface area contributed by atoms with E-state index in [0.29, 0.717) is 34.1 Å². The van der Waals surface area contributed by atoms with E-state index in [1.807, 2.05) is 0 Å². The van der Waals surface area contributed by atoms with Crippen molar-refractivity contribution in [1.82, 2.24) is 0 Å². The fraction of sp³-hybridized carbons (Fsp3) is 0.933. The summed E-state index contributed by atoms with van der Waals surface area (Å²) in [5.41, 5.74) is 8.93. The maximum absolute atomic E-state index is 11.7. The van der Waals surface area contributed by atoms with Crippen LogP contribution in [-0.2, 0) is 0 Å². The monoisotopic (exact) mass is 443 g/mol. The summed E-state index contributed by atoms with van der Waals surface area (Å²) in [6, 6.07) is 0.351. The summed E-state index contributed by atoms with van der Waals surface area (Å²) >= 11 is 0. The molecule has 32 heavy (non-hydrogen) atoms. The lowest BCUT2D eigenvalue weighted by Gasteiger charge is -2.70. The highest BCUT2D eigenvalue weighted by molar-refractivity contribution is 5.18. The van der Waals surface area contributed by atoms with Gasteiger partial charge in [-0.1, -0.05) is 46.3 Å². The highest BCUT2D eigenvalue weighted by atomic mass is 16.3. The molecule has 0 saturated heterocycles. The van der Waals surface area contributed by atoms with Crippen LogP contribution in [0, 0.1) is 45.3 Å². The number of hydrogen-bond acceptors (Lipinski definition) is 2. The summed E-state index contributed by atoms with van der Waals surface area (Å²) in [6.45, 7) is 19.4. The van der Waals surface area contributed by atoms with Crippen LogP contribution in [0.1, 0.15) is 120 Å². The molecular formula is C30H53NO. The predicted molar refractivity (Wildman–Crippen MR) is 136 cm³/mol. The minimum absolute atomic E-state index is 0.249. The van der Waals surface area contributed by atoms with Gasteiger partial charge >= 0.3 is 0 Å². The van der Waals surface area contributed by atoms with Crippen molar-refractivity contribution in [2.24, 2.45) is 51.1 Å². The first kappa shape index (κ1) is 24.8. The van der Waals surface area contributed by atoms with Crippen LogP contribution < -0.4 is 5.73 Å².